The van der Waals surface area contributed by atoms with Gasteiger partial charge >= 0.3 is 0 Å². The summed E-state index contributed by atoms with van der Waals surface area (Å²) in [4.78, 5) is 65.3. The first-order valence-corrected chi connectivity index (χ1v) is 26.8. The summed E-state index contributed by atoms with van der Waals surface area (Å²) in [6, 6.07) is 44.2. The van der Waals surface area contributed by atoms with Crippen LogP contribution < -0.4 is 29.4 Å². The van der Waals surface area contributed by atoms with Gasteiger partial charge in [0.1, 0.15) is 17.5 Å². The number of hydrogen-bond acceptors (Lipinski definition) is 20. The number of halogens is 1. The van der Waals surface area contributed by atoms with E-state index in [9.17, 15) is 9.59 Å². The average Bonchev–Trinajstić information content (AvgIpc) is 4.30. The van der Waals surface area contributed by atoms with Crippen molar-refractivity contribution in [1.82, 2.24) is 43.0 Å². The fourth-order valence-corrected chi connectivity index (χ4v) is 10.8. The van der Waals surface area contributed by atoms with Crippen LogP contribution in [0.25, 0.3) is 11.4 Å². The van der Waals surface area contributed by atoms with Gasteiger partial charge in [-0.3, -0.25) is 9.59 Å². The zero-order valence-electron chi connectivity index (χ0n) is 40.1. The van der Waals surface area contributed by atoms with E-state index in [1.54, 1.807) is 42.6 Å². The highest BCUT2D eigenvalue weighted by Gasteiger charge is 2.26. The van der Waals surface area contributed by atoms with E-state index in [0.717, 1.165) is 123 Å². The first kappa shape index (κ1) is 49.8. The van der Waals surface area contributed by atoms with Crippen LogP contribution in [0, 0.1) is 0 Å². The largest absolute Gasteiger partial charge is 0.353 e. The third kappa shape index (κ3) is 12.3. The van der Waals surface area contributed by atoms with Crippen molar-refractivity contribution in [1.29, 1.82) is 0 Å². The molecule has 3 fully saturated rings. The molecule has 3 aliphatic heterocycles. The number of rotatable bonds is 11. The van der Waals surface area contributed by atoms with Gasteiger partial charge in [-0.1, -0.05) is 103 Å². The second-order valence-electron chi connectivity index (χ2n) is 17.1. The van der Waals surface area contributed by atoms with Crippen molar-refractivity contribution < 1.29 is 9.59 Å². The van der Waals surface area contributed by atoms with E-state index in [1.165, 1.54) is 34.6 Å². The van der Waals surface area contributed by atoms with Crippen molar-refractivity contribution in [2.75, 3.05) is 108 Å². The lowest BCUT2D eigenvalue weighted by molar-refractivity contribution is 0.102. The highest BCUT2D eigenvalue weighted by molar-refractivity contribution is 7.10. The topological polar surface area (TPSA) is 170 Å². The quantitative estimate of drug-likeness (QED) is 0.113. The van der Waals surface area contributed by atoms with E-state index in [4.69, 9.17) is 16.6 Å². The van der Waals surface area contributed by atoms with Crippen molar-refractivity contribution in [3.05, 3.63) is 186 Å². The fraction of sp³-hybridized carbons (Fsp3) is 0.226. The molecule has 3 aliphatic rings. The van der Waals surface area contributed by atoms with Crippen LogP contribution in [0.4, 0.5) is 32.8 Å². The van der Waals surface area contributed by atoms with Gasteiger partial charge in [0.2, 0.25) is 38.6 Å². The fourth-order valence-electron chi connectivity index (χ4n) is 8.41. The number of aromatic nitrogens is 9. The van der Waals surface area contributed by atoms with Crippen LogP contribution in [-0.4, -0.2) is 133 Å². The lowest BCUT2D eigenvalue weighted by atomic mass is 10.1. The first-order valence-electron chi connectivity index (χ1n) is 24.1. The number of ketones is 2. The Hall–Kier alpha value is -7.78. The maximum absolute atomic E-state index is 12.6. The molecular formula is C53H50ClN15O2S3. The summed E-state index contributed by atoms with van der Waals surface area (Å²) < 4.78 is 13.0. The SMILES string of the molecule is O=C(c1ccccc1)c1nsc(N2CCN(c3ccccn3)CC2)n1.O=C(c1nsc(N2CCN(c3ccccn3)CC2)n1)c1ccccc1Cl.c1ccc(-c2nsc(N3CCN(c4ccccn4)CC3)n2)cc1. The highest BCUT2D eigenvalue weighted by atomic mass is 35.5. The lowest BCUT2D eigenvalue weighted by Gasteiger charge is -2.34. The van der Waals surface area contributed by atoms with E-state index in [2.05, 4.69) is 73.5 Å². The van der Waals surface area contributed by atoms with Gasteiger partial charge in [-0.2, -0.15) is 28.1 Å². The Morgan fingerprint density at radius 2 is 0.770 bits per heavy atom. The maximum Gasteiger partial charge on any atom is 0.232 e. The minimum Gasteiger partial charge on any atom is -0.353 e. The molecule has 9 heterocycles. The molecule has 74 heavy (non-hydrogen) atoms. The Morgan fingerprint density at radius 3 is 1.22 bits per heavy atom. The molecule has 17 nitrogen and oxygen atoms in total. The molecule has 3 saturated heterocycles. The van der Waals surface area contributed by atoms with E-state index in [1.807, 2.05) is 109 Å². The van der Waals surface area contributed by atoms with Crippen molar-refractivity contribution >= 4 is 90.6 Å². The van der Waals surface area contributed by atoms with Gasteiger partial charge in [0, 0.05) is 148 Å². The molecule has 21 heteroatoms. The van der Waals surface area contributed by atoms with Gasteiger partial charge in [-0.25, -0.2) is 15.0 Å². The molecule has 0 aliphatic carbocycles. The Kier molecular flexibility index (Phi) is 16.3. The zero-order chi connectivity index (χ0) is 50.5. The van der Waals surface area contributed by atoms with Crippen LogP contribution >= 0.6 is 46.2 Å². The summed E-state index contributed by atoms with van der Waals surface area (Å²) in [6.07, 6.45) is 5.46. The maximum atomic E-state index is 12.6. The van der Waals surface area contributed by atoms with E-state index < -0.39 is 0 Å². The van der Waals surface area contributed by atoms with Crippen molar-refractivity contribution in [2.45, 2.75) is 0 Å². The van der Waals surface area contributed by atoms with Gasteiger partial charge in [-0.05, 0) is 48.5 Å². The van der Waals surface area contributed by atoms with E-state index in [-0.39, 0.29) is 23.2 Å². The van der Waals surface area contributed by atoms with Crippen LogP contribution in [-0.2, 0) is 0 Å². The van der Waals surface area contributed by atoms with Gasteiger partial charge in [0.05, 0.1) is 5.02 Å². The molecule has 0 spiro atoms. The van der Waals surface area contributed by atoms with Crippen molar-refractivity contribution in [3.8, 4) is 11.4 Å². The van der Waals surface area contributed by atoms with Crippen molar-refractivity contribution in [2.24, 2.45) is 0 Å². The normalized spacial score (nSPS) is 14.7. The van der Waals surface area contributed by atoms with E-state index >= 15 is 0 Å². The predicted octanol–water partition coefficient (Wildman–Crippen LogP) is 8.56. The Bertz CT molecular complexity index is 3190. The minimum absolute atomic E-state index is 0.129. The average molecular weight is 1060 g/mol. The van der Waals surface area contributed by atoms with Gasteiger partial charge in [0.15, 0.2) is 5.82 Å². The number of pyridine rings is 3. The Morgan fingerprint density at radius 1 is 0.392 bits per heavy atom. The molecule has 374 valence electrons. The number of hydrogen-bond donors (Lipinski definition) is 0. The number of anilines is 6. The monoisotopic (exact) mass is 1060 g/mol. The molecule has 6 aromatic heterocycles. The van der Waals surface area contributed by atoms with Crippen LogP contribution in [0.3, 0.4) is 0 Å². The number of benzene rings is 3. The van der Waals surface area contributed by atoms with Gasteiger partial charge < -0.3 is 29.4 Å². The molecule has 0 atom stereocenters. The molecule has 0 bridgehead atoms. The molecule has 9 aromatic rings. The summed E-state index contributed by atoms with van der Waals surface area (Å²) in [5.74, 6) is 3.95. The Labute approximate surface area is 445 Å². The predicted molar refractivity (Wildman–Crippen MR) is 296 cm³/mol. The van der Waals surface area contributed by atoms with Gasteiger partial charge in [-0.15, -0.1) is 0 Å². The molecule has 12 rings (SSSR count). The number of carbonyl (C=O) groups excluding carboxylic acids is 2. The summed E-state index contributed by atoms with van der Waals surface area (Å²) in [6.45, 7) is 10.5. The summed E-state index contributed by atoms with van der Waals surface area (Å²) in [5.41, 5.74) is 2.12. The molecule has 0 amide bonds. The third-order valence-corrected chi connectivity index (χ3v) is 15.1. The zero-order valence-corrected chi connectivity index (χ0v) is 43.3. The number of nitrogens with zero attached hydrogens (tertiary/aromatic N) is 15. The summed E-state index contributed by atoms with van der Waals surface area (Å²) >= 11 is 10.1. The van der Waals surface area contributed by atoms with Crippen molar-refractivity contribution in [3.63, 3.8) is 0 Å². The van der Waals surface area contributed by atoms with Crippen LogP contribution in [0.5, 0.6) is 0 Å². The lowest BCUT2D eigenvalue weighted by Crippen LogP contribution is -2.46. The molecule has 0 radical (unpaired) electrons. The van der Waals surface area contributed by atoms with Crippen LogP contribution in [0.15, 0.2) is 158 Å². The summed E-state index contributed by atoms with van der Waals surface area (Å²) in [7, 11) is 0. The number of piperazine rings is 3. The first-order chi connectivity index (χ1) is 36.4. The standard InChI is InChI=1S/C18H16ClN5OS.C18H17N5OS.C17H17N5S/c19-14-6-2-1-5-13(14)16(25)17-21-18(26-22-17)24-11-9-23(10-12-24)15-7-3-4-8-20-15;24-16(14-6-2-1-3-7-14)17-20-18(25-21-17)23-12-10-22(11-13-23)15-8-4-5-9-19-15;1-2-6-14(7-3-1)16-19-17(23-20-16)22-12-10-21(11-13-22)15-8-4-5-9-18-15/h1-8H,9-12H2;1-9H,10-13H2;1-9H,10-13H2. The molecular weight excluding hydrogens is 1010 g/mol. The smallest absolute Gasteiger partial charge is 0.232 e. The van der Waals surface area contributed by atoms with E-state index in [0.29, 0.717) is 16.1 Å². The van der Waals surface area contributed by atoms with Crippen LogP contribution in [0.2, 0.25) is 5.02 Å². The molecule has 3 aromatic carbocycles. The minimum atomic E-state index is -0.245. The highest BCUT2D eigenvalue weighted by Crippen LogP contribution is 2.27. The summed E-state index contributed by atoms with van der Waals surface area (Å²) in [5, 5.41) is 2.99. The second-order valence-corrected chi connectivity index (χ2v) is 19.7. The molecule has 0 unspecified atom stereocenters. The third-order valence-electron chi connectivity index (χ3n) is 12.4. The van der Waals surface area contributed by atoms with Crippen LogP contribution in [0.1, 0.15) is 32.4 Å². The molecule has 0 saturated carbocycles. The Balaban J connectivity index is 0.000000127. The second kappa shape index (κ2) is 24.3. The van der Waals surface area contributed by atoms with Gasteiger partial charge in [0.25, 0.3) is 0 Å². The molecule has 0 N–H and O–H groups in total. The number of carbonyl (C=O) groups is 2.